The number of aromatic nitrogens is 1. The minimum Gasteiger partial charge on any atom is -0.356 e. The van der Waals surface area contributed by atoms with E-state index in [2.05, 4.69) is 21.7 Å². The zero-order valence-electron chi connectivity index (χ0n) is 12.5. The predicted octanol–water partition coefficient (Wildman–Crippen LogP) is 3.50. The third-order valence-electron chi connectivity index (χ3n) is 3.75. The molecule has 1 aliphatic carbocycles. The van der Waals surface area contributed by atoms with E-state index in [4.69, 9.17) is 23.2 Å². The molecule has 0 saturated carbocycles. The van der Waals surface area contributed by atoms with Crippen molar-refractivity contribution in [2.75, 3.05) is 13.6 Å². The molecule has 2 rings (SSSR count). The summed E-state index contributed by atoms with van der Waals surface area (Å²) in [6, 6.07) is 1.87. The van der Waals surface area contributed by atoms with Crippen molar-refractivity contribution in [3.8, 4) is 0 Å². The lowest BCUT2D eigenvalue weighted by atomic mass is 10.2. The molecule has 0 radical (unpaired) electrons. The molecule has 0 unspecified atom stereocenters. The van der Waals surface area contributed by atoms with Gasteiger partial charge in [0.25, 0.3) is 0 Å². The maximum atomic E-state index is 6.05. The first kappa shape index (κ1) is 16.2. The maximum Gasteiger partial charge on any atom is 0.191 e. The molecule has 0 fully saturated rings. The van der Waals surface area contributed by atoms with E-state index < -0.39 is 0 Å². The number of hydrogen-bond acceptors (Lipinski definition) is 1. The first-order valence-corrected chi connectivity index (χ1v) is 7.99. The Morgan fingerprint density at radius 2 is 2.19 bits per heavy atom. The Kier molecular flexibility index (Phi) is 6.00. The van der Waals surface area contributed by atoms with Crippen LogP contribution >= 0.6 is 23.2 Å². The van der Waals surface area contributed by atoms with Crippen molar-refractivity contribution in [3.05, 3.63) is 33.6 Å². The van der Waals surface area contributed by atoms with Crippen LogP contribution in [0.1, 0.15) is 31.4 Å². The van der Waals surface area contributed by atoms with Gasteiger partial charge in [0.05, 0.1) is 11.6 Å². The fraction of sp³-hybridized carbons (Fsp3) is 0.533. The van der Waals surface area contributed by atoms with Crippen LogP contribution in [0.5, 0.6) is 0 Å². The van der Waals surface area contributed by atoms with Gasteiger partial charge < -0.3 is 15.2 Å². The van der Waals surface area contributed by atoms with Gasteiger partial charge >= 0.3 is 0 Å². The van der Waals surface area contributed by atoms with Gasteiger partial charge in [-0.05, 0) is 31.7 Å². The summed E-state index contributed by atoms with van der Waals surface area (Å²) in [5.41, 5.74) is 2.57. The van der Waals surface area contributed by atoms with E-state index in [1.165, 1.54) is 19.3 Å². The van der Waals surface area contributed by atoms with Crippen LogP contribution in [0, 0.1) is 0 Å². The summed E-state index contributed by atoms with van der Waals surface area (Å²) < 4.78 is 1.87. The number of aliphatic imine (C=N–C) groups is 1. The normalized spacial score (nSPS) is 15.2. The van der Waals surface area contributed by atoms with Crippen LogP contribution in [0.25, 0.3) is 0 Å². The monoisotopic (exact) mass is 328 g/mol. The number of allylic oxidation sites excluding steroid dienone is 1. The van der Waals surface area contributed by atoms with Crippen molar-refractivity contribution in [1.82, 2.24) is 15.2 Å². The third kappa shape index (κ3) is 4.42. The molecule has 1 aromatic heterocycles. The maximum absolute atomic E-state index is 6.05. The summed E-state index contributed by atoms with van der Waals surface area (Å²) in [6.07, 6.45) is 7.22. The van der Waals surface area contributed by atoms with Crippen LogP contribution in [-0.4, -0.2) is 24.1 Å². The smallest absolute Gasteiger partial charge is 0.191 e. The Morgan fingerprint density at radius 1 is 1.38 bits per heavy atom. The molecule has 1 aromatic rings. The molecule has 1 heterocycles. The molecule has 0 aliphatic heterocycles. The van der Waals surface area contributed by atoms with Crippen LogP contribution in [-0.2, 0) is 13.6 Å². The summed E-state index contributed by atoms with van der Waals surface area (Å²) >= 11 is 12.1. The average Bonchev–Trinajstić information content (AvgIpc) is 3.07. The topological polar surface area (TPSA) is 41.4 Å². The van der Waals surface area contributed by atoms with Crippen molar-refractivity contribution in [2.45, 2.75) is 32.2 Å². The average molecular weight is 329 g/mol. The van der Waals surface area contributed by atoms with Crippen molar-refractivity contribution >= 4 is 29.2 Å². The first-order chi connectivity index (χ1) is 10.1. The number of hydrogen-bond donors (Lipinski definition) is 2. The summed E-state index contributed by atoms with van der Waals surface area (Å²) in [4.78, 5) is 4.23. The van der Waals surface area contributed by atoms with Gasteiger partial charge in [0, 0.05) is 26.3 Å². The number of nitrogens with zero attached hydrogens (tertiary/aromatic N) is 2. The van der Waals surface area contributed by atoms with Gasteiger partial charge in [-0.1, -0.05) is 34.9 Å². The Bertz CT molecular complexity index is 546. The van der Waals surface area contributed by atoms with Gasteiger partial charge in [-0.15, -0.1) is 0 Å². The van der Waals surface area contributed by atoms with Gasteiger partial charge in [-0.3, -0.25) is 4.99 Å². The molecule has 0 spiro atoms. The fourth-order valence-electron chi connectivity index (χ4n) is 2.46. The molecule has 0 bridgehead atoms. The second-order valence-corrected chi connectivity index (χ2v) is 5.96. The lowest BCUT2D eigenvalue weighted by Gasteiger charge is -2.12. The third-order valence-corrected chi connectivity index (χ3v) is 4.59. The number of nitrogens with one attached hydrogen (secondary N) is 2. The second kappa shape index (κ2) is 7.76. The minimum absolute atomic E-state index is 0.560. The number of rotatable bonds is 5. The van der Waals surface area contributed by atoms with Crippen LogP contribution in [0.3, 0.4) is 0 Å². The van der Waals surface area contributed by atoms with Gasteiger partial charge in [0.15, 0.2) is 5.96 Å². The van der Waals surface area contributed by atoms with Crippen LogP contribution < -0.4 is 10.6 Å². The van der Waals surface area contributed by atoms with E-state index in [0.29, 0.717) is 16.7 Å². The first-order valence-electron chi connectivity index (χ1n) is 7.24. The van der Waals surface area contributed by atoms with E-state index in [0.717, 1.165) is 24.6 Å². The van der Waals surface area contributed by atoms with Crippen LogP contribution in [0.4, 0.5) is 0 Å². The zero-order chi connectivity index (χ0) is 15.2. The Labute approximate surface area is 136 Å². The molecule has 0 amide bonds. The number of guanidine groups is 1. The molecule has 4 nitrogen and oxygen atoms in total. The molecule has 2 N–H and O–H groups in total. The predicted molar refractivity (Wildman–Crippen MR) is 90.2 cm³/mol. The Hall–Kier alpha value is -1.13. The standard InChI is InChI=1S/C15H22Cl2N4/c1-18-15(19-8-7-11-5-3-4-6-11)20-10-12-9-13(16)14(17)21(12)2/h5,9H,3-4,6-8,10H2,1-2H3,(H2,18,19,20). The van der Waals surface area contributed by atoms with E-state index >= 15 is 0 Å². The molecule has 21 heavy (non-hydrogen) atoms. The van der Waals surface area contributed by atoms with Crippen LogP contribution in [0.15, 0.2) is 22.7 Å². The molecule has 6 heteroatoms. The van der Waals surface area contributed by atoms with Gasteiger partial charge in [-0.25, -0.2) is 0 Å². The quantitative estimate of drug-likeness (QED) is 0.493. The van der Waals surface area contributed by atoms with E-state index in [1.807, 2.05) is 17.7 Å². The van der Waals surface area contributed by atoms with Gasteiger partial charge in [0.2, 0.25) is 0 Å². The van der Waals surface area contributed by atoms with Crippen molar-refractivity contribution in [1.29, 1.82) is 0 Å². The lowest BCUT2D eigenvalue weighted by Crippen LogP contribution is -2.37. The van der Waals surface area contributed by atoms with Crippen molar-refractivity contribution in [2.24, 2.45) is 12.0 Å². The number of halogens is 2. The second-order valence-electron chi connectivity index (χ2n) is 5.19. The van der Waals surface area contributed by atoms with Crippen molar-refractivity contribution in [3.63, 3.8) is 0 Å². The van der Waals surface area contributed by atoms with E-state index in [1.54, 1.807) is 12.6 Å². The molecule has 0 saturated heterocycles. The highest BCUT2D eigenvalue weighted by molar-refractivity contribution is 6.41. The molecule has 0 atom stereocenters. The van der Waals surface area contributed by atoms with Gasteiger partial charge in [0.1, 0.15) is 5.15 Å². The van der Waals surface area contributed by atoms with E-state index in [-0.39, 0.29) is 0 Å². The molecule has 116 valence electrons. The fourth-order valence-corrected chi connectivity index (χ4v) is 2.88. The summed E-state index contributed by atoms with van der Waals surface area (Å²) in [5, 5.41) is 7.74. The van der Waals surface area contributed by atoms with Crippen LogP contribution in [0.2, 0.25) is 10.2 Å². The minimum atomic E-state index is 0.560. The SMILES string of the molecule is CN=C(NCCC1=CCCC1)NCc1cc(Cl)c(Cl)n1C. The Morgan fingerprint density at radius 3 is 2.76 bits per heavy atom. The zero-order valence-corrected chi connectivity index (χ0v) is 14.1. The highest BCUT2D eigenvalue weighted by atomic mass is 35.5. The summed E-state index contributed by atoms with van der Waals surface area (Å²) in [5.74, 6) is 0.794. The summed E-state index contributed by atoms with van der Waals surface area (Å²) in [6.45, 7) is 1.53. The largest absolute Gasteiger partial charge is 0.356 e. The molecule has 0 aromatic carbocycles. The highest BCUT2D eigenvalue weighted by Crippen LogP contribution is 2.24. The van der Waals surface area contributed by atoms with Crippen molar-refractivity contribution < 1.29 is 0 Å². The molecular weight excluding hydrogens is 307 g/mol. The highest BCUT2D eigenvalue weighted by Gasteiger charge is 2.09. The lowest BCUT2D eigenvalue weighted by molar-refractivity contribution is 0.740. The van der Waals surface area contributed by atoms with E-state index in [9.17, 15) is 0 Å². The molecular formula is C15H22Cl2N4. The Balaban J connectivity index is 1.78. The molecule has 1 aliphatic rings. The summed E-state index contributed by atoms with van der Waals surface area (Å²) in [7, 11) is 3.67. The van der Waals surface area contributed by atoms with Gasteiger partial charge in [-0.2, -0.15) is 0 Å².